The topological polar surface area (TPSA) is 46.9 Å². The van der Waals surface area contributed by atoms with Crippen LogP contribution < -0.4 is 5.32 Å². The Morgan fingerprint density at radius 3 is 2.41 bits per heavy atom. The van der Waals surface area contributed by atoms with E-state index in [4.69, 9.17) is 11.6 Å². The number of aromatic nitrogens is 2. The van der Waals surface area contributed by atoms with Crippen LogP contribution >= 0.6 is 11.6 Å². The maximum Gasteiger partial charge on any atom is 0.228 e. The number of carbonyl (C=O) groups is 1. The molecule has 0 aliphatic heterocycles. The third-order valence-corrected chi connectivity index (χ3v) is 3.20. The van der Waals surface area contributed by atoms with Gasteiger partial charge in [-0.25, -0.2) is 0 Å². The zero-order chi connectivity index (χ0) is 13.2. The molecule has 0 fully saturated rings. The molecule has 0 aliphatic rings. The van der Waals surface area contributed by atoms with Gasteiger partial charge in [0.25, 0.3) is 0 Å². The molecule has 1 atom stereocenters. The molecule has 0 saturated carbocycles. The SMILES string of the molecule is Cc1nn(C(C)C)c(C)c1NC(=O)C(C)CCl. The summed E-state index contributed by atoms with van der Waals surface area (Å²) >= 11 is 5.67. The Hall–Kier alpha value is -1.03. The van der Waals surface area contributed by atoms with E-state index in [-0.39, 0.29) is 17.9 Å². The first-order valence-corrected chi connectivity index (χ1v) is 6.34. The molecule has 5 heteroatoms. The molecule has 1 rings (SSSR count). The van der Waals surface area contributed by atoms with E-state index in [1.54, 1.807) is 6.92 Å². The zero-order valence-corrected chi connectivity index (χ0v) is 11.8. The third kappa shape index (κ3) is 3.00. The van der Waals surface area contributed by atoms with E-state index in [2.05, 4.69) is 24.3 Å². The molecule has 0 aliphatic carbocycles. The maximum atomic E-state index is 11.8. The van der Waals surface area contributed by atoms with Crippen LogP contribution in [0.2, 0.25) is 0 Å². The van der Waals surface area contributed by atoms with Crippen molar-refractivity contribution in [3.05, 3.63) is 11.4 Å². The maximum absolute atomic E-state index is 11.8. The normalized spacial score (nSPS) is 12.9. The fourth-order valence-corrected chi connectivity index (χ4v) is 1.80. The van der Waals surface area contributed by atoms with Gasteiger partial charge < -0.3 is 5.32 Å². The third-order valence-electron chi connectivity index (χ3n) is 2.74. The highest BCUT2D eigenvalue weighted by Gasteiger charge is 2.18. The second-order valence-electron chi connectivity index (χ2n) is 4.63. The average molecular weight is 258 g/mol. The highest BCUT2D eigenvalue weighted by molar-refractivity contribution is 6.19. The van der Waals surface area contributed by atoms with Crippen LogP contribution in [-0.4, -0.2) is 21.6 Å². The van der Waals surface area contributed by atoms with Gasteiger partial charge in [0.15, 0.2) is 0 Å². The van der Waals surface area contributed by atoms with Gasteiger partial charge >= 0.3 is 0 Å². The van der Waals surface area contributed by atoms with Crippen molar-refractivity contribution in [1.29, 1.82) is 0 Å². The van der Waals surface area contributed by atoms with Gasteiger partial charge in [-0.2, -0.15) is 5.10 Å². The lowest BCUT2D eigenvalue weighted by atomic mass is 10.2. The van der Waals surface area contributed by atoms with Crippen molar-refractivity contribution in [2.24, 2.45) is 5.92 Å². The van der Waals surface area contributed by atoms with E-state index < -0.39 is 0 Å². The molecule has 0 radical (unpaired) electrons. The molecular weight excluding hydrogens is 238 g/mol. The van der Waals surface area contributed by atoms with E-state index >= 15 is 0 Å². The van der Waals surface area contributed by atoms with Crippen molar-refractivity contribution in [2.75, 3.05) is 11.2 Å². The van der Waals surface area contributed by atoms with Gasteiger partial charge in [-0.1, -0.05) is 6.92 Å². The summed E-state index contributed by atoms with van der Waals surface area (Å²) in [5.41, 5.74) is 2.62. The van der Waals surface area contributed by atoms with Crippen LogP contribution in [0.4, 0.5) is 5.69 Å². The minimum absolute atomic E-state index is 0.0606. The molecule has 17 heavy (non-hydrogen) atoms. The number of nitrogens with zero attached hydrogens (tertiary/aromatic N) is 2. The van der Waals surface area contributed by atoms with Crippen LogP contribution in [0.3, 0.4) is 0 Å². The van der Waals surface area contributed by atoms with Gasteiger partial charge in [0.05, 0.1) is 17.1 Å². The number of anilines is 1. The number of nitrogens with one attached hydrogen (secondary N) is 1. The molecule has 0 aromatic carbocycles. The summed E-state index contributed by atoms with van der Waals surface area (Å²) in [5.74, 6) is 0.0646. The second kappa shape index (κ2) is 5.54. The fraction of sp³-hybridized carbons (Fsp3) is 0.667. The summed E-state index contributed by atoms with van der Waals surface area (Å²) in [5, 5.41) is 7.31. The number of hydrogen-bond donors (Lipinski definition) is 1. The Kier molecular flexibility index (Phi) is 4.57. The Bertz CT molecular complexity index is 412. The Balaban J connectivity index is 2.96. The summed E-state index contributed by atoms with van der Waals surface area (Å²) < 4.78 is 1.91. The number of aryl methyl sites for hydroxylation is 1. The molecule has 4 nitrogen and oxygen atoms in total. The van der Waals surface area contributed by atoms with Gasteiger partial charge in [0.1, 0.15) is 0 Å². The highest BCUT2D eigenvalue weighted by Crippen LogP contribution is 2.23. The van der Waals surface area contributed by atoms with Crippen LogP contribution in [0.5, 0.6) is 0 Å². The summed E-state index contributed by atoms with van der Waals surface area (Å²) in [4.78, 5) is 11.8. The Morgan fingerprint density at radius 2 is 2.00 bits per heavy atom. The van der Waals surface area contributed by atoms with Crippen LogP contribution in [0.1, 0.15) is 38.2 Å². The predicted octanol–water partition coefficient (Wildman–Crippen LogP) is 2.89. The second-order valence-corrected chi connectivity index (χ2v) is 4.94. The van der Waals surface area contributed by atoms with Gasteiger partial charge in [0, 0.05) is 17.8 Å². The molecule has 1 aromatic heterocycles. The minimum atomic E-state index is -0.196. The number of amides is 1. The predicted molar refractivity (Wildman–Crippen MR) is 70.6 cm³/mol. The monoisotopic (exact) mass is 257 g/mol. The molecule has 1 N–H and O–H groups in total. The molecule has 96 valence electrons. The summed E-state index contributed by atoms with van der Waals surface area (Å²) in [6.45, 7) is 9.78. The first-order valence-electron chi connectivity index (χ1n) is 5.81. The molecule has 1 heterocycles. The molecule has 0 saturated heterocycles. The van der Waals surface area contributed by atoms with E-state index in [0.29, 0.717) is 5.88 Å². The van der Waals surface area contributed by atoms with Crippen molar-refractivity contribution in [3.8, 4) is 0 Å². The van der Waals surface area contributed by atoms with Crippen LogP contribution in [0.15, 0.2) is 0 Å². The molecule has 1 aromatic rings. The Morgan fingerprint density at radius 1 is 1.41 bits per heavy atom. The van der Waals surface area contributed by atoms with Crippen molar-refractivity contribution >= 4 is 23.2 Å². The zero-order valence-electron chi connectivity index (χ0n) is 11.0. The fourth-order valence-electron chi connectivity index (χ4n) is 1.66. The highest BCUT2D eigenvalue weighted by atomic mass is 35.5. The summed E-state index contributed by atoms with van der Waals surface area (Å²) in [6, 6.07) is 0.282. The van der Waals surface area contributed by atoms with Crippen molar-refractivity contribution in [3.63, 3.8) is 0 Å². The number of hydrogen-bond acceptors (Lipinski definition) is 2. The molecule has 0 spiro atoms. The number of rotatable bonds is 4. The Labute approximate surface area is 107 Å². The first-order chi connectivity index (χ1) is 7.88. The van der Waals surface area contributed by atoms with Crippen LogP contribution in [-0.2, 0) is 4.79 Å². The molecule has 0 bridgehead atoms. The number of halogens is 1. The van der Waals surface area contributed by atoms with E-state index in [1.165, 1.54) is 0 Å². The minimum Gasteiger partial charge on any atom is -0.323 e. The molecular formula is C12H20ClN3O. The number of alkyl halides is 1. The average Bonchev–Trinajstić information content (AvgIpc) is 2.55. The summed E-state index contributed by atoms with van der Waals surface area (Å²) in [6.07, 6.45) is 0. The van der Waals surface area contributed by atoms with Crippen molar-refractivity contribution in [2.45, 2.75) is 40.7 Å². The largest absolute Gasteiger partial charge is 0.323 e. The van der Waals surface area contributed by atoms with Gasteiger partial charge in [-0.15, -0.1) is 11.6 Å². The van der Waals surface area contributed by atoms with Crippen LogP contribution in [0, 0.1) is 19.8 Å². The van der Waals surface area contributed by atoms with Gasteiger partial charge in [-0.05, 0) is 27.7 Å². The lowest BCUT2D eigenvalue weighted by molar-refractivity contribution is -0.118. The van der Waals surface area contributed by atoms with Gasteiger partial charge in [-0.3, -0.25) is 9.48 Å². The van der Waals surface area contributed by atoms with E-state index in [9.17, 15) is 4.79 Å². The smallest absolute Gasteiger partial charge is 0.228 e. The van der Waals surface area contributed by atoms with Crippen molar-refractivity contribution in [1.82, 2.24) is 9.78 Å². The van der Waals surface area contributed by atoms with E-state index in [0.717, 1.165) is 17.1 Å². The first kappa shape index (κ1) is 14.0. The lowest BCUT2D eigenvalue weighted by Crippen LogP contribution is -2.22. The van der Waals surface area contributed by atoms with Crippen molar-refractivity contribution < 1.29 is 4.79 Å². The number of carbonyl (C=O) groups excluding carboxylic acids is 1. The lowest BCUT2D eigenvalue weighted by Gasteiger charge is -2.11. The quantitative estimate of drug-likeness (QED) is 0.843. The molecule has 1 amide bonds. The molecule has 1 unspecified atom stereocenters. The van der Waals surface area contributed by atoms with Crippen LogP contribution in [0.25, 0.3) is 0 Å². The summed E-state index contributed by atoms with van der Waals surface area (Å²) in [7, 11) is 0. The van der Waals surface area contributed by atoms with Gasteiger partial charge in [0.2, 0.25) is 5.91 Å². The standard InChI is InChI=1S/C12H20ClN3O/c1-7(2)16-10(5)11(9(4)15-16)14-12(17)8(3)6-13/h7-8H,6H2,1-5H3,(H,14,17). The van der Waals surface area contributed by atoms with E-state index in [1.807, 2.05) is 18.5 Å².